The molecule has 0 aromatic carbocycles. The number of carbonyl (C=O) groups excluding carboxylic acids is 1. The summed E-state index contributed by atoms with van der Waals surface area (Å²) < 4.78 is 11.5. The second-order valence-corrected chi connectivity index (χ2v) is 12.9. The third-order valence-corrected chi connectivity index (χ3v) is 9.51. The second kappa shape index (κ2) is 6.75. The highest BCUT2D eigenvalue weighted by atomic mass is 28.4. The molecule has 0 aromatic rings. The molecule has 4 nitrogen and oxygen atoms in total. The summed E-state index contributed by atoms with van der Waals surface area (Å²) in [6.07, 6.45) is 2.93. The Labute approximate surface area is 137 Å². The lowest BCUT2D eigenvalue weighted by Crippen LogP contribution is -2.46. The lowest BCUT2D eigenvalue weighted by atomic mass is 9.79. The van der Waals surface area contributed by atoms with Crippen LogP contribution in [0.4, 0.5) is 0 Å². The predicted octanol–water partition coefficient (Wildman–Crippen LogP) is 3.65. The first kappa shape index (κ1) is 19.2. The first-order chi connectivity index (χ1) is 9.90. The Kier molecular flexibility index (Phi) is 5.90. The lowest BCUT2D eigenvalue weighted by Gasteiger charge is -2.42. The van der Waals surface area contributed by atoms with Gasteiger partial charge < -0.3 is 14.1 Å². The number of methoxy groups -OCH3 is 1. The highest BCUT2D eigenvalue weighted by molar-refractivity contribution is 6.74. The van der Waals surface area contributed by atoms with Gasteiger partial charge in [-0.25, -0.2) is 0 Å². The molecule has 1 rings (SSSR count). The zero-order valence-corrected chi connectivity index (χ0v) is 16.7. The number of likely N-dealkylation sites (N-methyl/N-ethyl adjacent to an activating group) is 1. The Morgan fingerprint density at radius 2 is 1.86 bits per heavy atom. The molecule has 0 radical (unpaired) electrons. The maximum Gasteiger partial charge on any atom is 0.310 e. The van der Waals surface area contributed by atoms with Crippen molar-refractivity contribution in [3.05, 3.63) is 11.8 Å². The largest absolute Gasteiger partial charge is 0.547 e. The Balaban J connectivity index is 3.07. The summed E-state index contributed by atoms with van der Waals surface area (Å²) in [5.74, 6) is 0.989. The van der Waals surface area contributed by atoms with Gasteiger partial charge in [0.05, 0.1) is 18.8 Å². The van der Waals surface area contributed by atoms with Crippen molar-refractivity contribution in [1.82, 2.24) is 4.90 Å². The smallest absolute Gasteiger partial charge is 0.310 e. The summed E-state index contributed by atoms with van der Waals surface area (Å²) in [7, 11) is 3.62. The van der Waals surface area contributed by atoms with Crippen molar-refractivity contribution in [1.29, 1.82) is 0 Å². The fraction of sp³-hybridized carbons (Fsp3) is 0.824. The normalized spacial score (nSPS) is 26.6. The Morgan fingerprint density at radius 1 is 1.32 bits per heavy atom. The number of rotatable bonds is 4. The van der Waals surface area contributed by atoms with Crippen molar-refractivity contribution in [3.8, 4) is 0 Å². The molecule has 0 amide bonds. The number of hydrogen-bond donors (Lipinski definition) is 0. The first-order valence-electron chi connectivity index (χ1n) is 8.04. The number of carbonyl (C=O) groups is 1. The molecule has 3 atom stereocenters. The number of esters is 1. The SMILES string of the molecule is COC(=O)[C@@H]1[C@@H](C)CC(O[Si](C)(C)C(C)(C)C)=C[C@@H]1N(C)C. The minimum absolute atomic E-state index is 0.0240. The maximum atomic E-state index is 12.1. The van der Waals surface area contributed by atoms with E-state index in [0.717, 1.165) is 12.2 Å². The summed E-state index contributed by atoms with van der Waals surface area (Å²) >= 11 is 0. The van der Waals surface area contributed by atoms with E-state index < -0.39 is 8.32 Å². The van der Waals surface area contributed by atoms with Gasteiger partial charge in [-0.15, -0.1) is 0 Å². The van der Waals surface area contributed by atoms with Crippen LogP contribution in [0.15, 0.2) is 11.8 Å². The van der Waals surface area contributed by atoms with E-state index >= 15 is 0 Å². The van der Waals surface area contributed by atoms with Crippen LogP contribution in [0, 0.1) is 11.8 Å². The van der Waals surface area contributed by atoms with Gasteiger partial charge in [0.15, 0.2) is 0 Å². The monoisotopic (exact) mass is 327 g/mol. The van der Waals surface area contributed by atoms with E-state index in [1.165, 1.54) is 7.11 Å². The molecule has 0 fully saturated rings. The van der Waals surface area contributed by atoms with Crippen LogP contribution in [0.3, 0.4) is 0 Å². The van der Waals surface area contributed by atoms with E-state index in [1.54, 1.807) is 0 Å². The van der Waals surface area contributed by atoms with Gasteiger partial charge >= 0.3 is 5.97 Å². The van der Waals surface area contributed by atoms with Gasteiger partial charge in [0.25, 0.3) is 0 Å². The highest BCUT2D eigenvalue weighted by Gasteiger charge is 2.43. The van der Waals surface area contributed by atoms with Crippen LogP contribution in [-0.2, 0) is 14.0 Å². The average molecular weight is 328 g/mol. The Morgan fingerprint density at radius 3 is 2.27 bits per heavy atom. The van der Waals surface area contributed by atoms with Crippen LogP contribution in [0.25, 0.3) is 0 Å². The van der Waals surface area contributed by atoms with Crippen LogP contribution in [-0.4, -0.2) is 46.4 Å². The standard InChI is InChI=1S/C17H33NO3Si/c1-12-10-13(21-22(8,9)17(2,3)4)11-14(18(5)6)15(12)16(19)20-7/h11-12,14-15H,10H2,1-9H3/t12-,14-,15+/m0/s1. The summed E-state index contributed by atoms with van der Waals surface area (Å²) in [5, 5.41) is 0.171. The topological polar surface area (TPSA) is 38.8 Å². The molecular formula is C17H33NO3Si. The molecule has 0 spiro atoms. The van der Waals surface area contributed by atoms with Gasteiger partial charge in [-0.2, -0.15) is 0 Å². The molecule has 0 aliphatic heterocycles. The molecule has 1 aliphatic rings. The fourth-order valence-corrected chi connectivity index (χ4v) is 3.79. The van der Waals surface area contributed by atoms with Crippen LogP contribution in [0.5, 0.6) is 0 Å². The van der Waals surface area contributed by atoms with Gasteiger partial charge in [0.1, 0.15) is 0 Å². The Hall–Kier alpha value is -0.813. The first-order valence-corrected chi connectivity index (χ1v) is 11.0. The highest BCUT2D eigenvalue weighted by Crippen LogP contribution is 2.41. The summed E-state index contributed by atoms with van der Waals surface area (Å²) in [5.41, 5.74) is 0. The van der Waals surface area contributed by atoms with Crippen LogP contribution in [0.1, 0.15) is 34.1 Å². The van der Waals surface area contributed by atoms with E-state index in [9.17, 15) is 4.79 Å². The second-order valence-electron chi connectivity index (χ2n) is 8.18. The van der Waals surface area contributed by atoms with Crippen molar-refractivity contribution in [2.45, 2.75) is 58.3 Å². The van der Waals surface area contributed by atoms with E-state index in [0.29, 0.717) is 0 Å². The van der Waals surface area contributed by atoms with E-state index in [4.69, 9.17) is 9.16 Å². The third kappa shape index (κ3) is 4.13. The number of hydrogen-bond acceptors (Lipinski definition) is 4. The molecule has 22 heavy (non-hydrogen) atoms. The average Bonchev–Trinajstić information content (AvgIpc) is 2.35. The molecule has 128 valence electrons. The van der Waals surface area contributed by atoms with E-state index in [2.05, 4.69) is 51.8 Å². The molecular weight excluding hydrogens is 294 g/mol. The van der Waals surface area contributed by atoms with E-state index in [-0.39, 0.29) is 28.9 Å². The van der Waals surface area contributed by atoms with Crippen molar-refractivity contribution >= 4 is 14.3 Å². The van der Waals surface area contributed by atoms with Gasteiger partial charge in [-0.3, -0.25) is 4.79 Å². The quantitative estimate of drug-likeness (QED) is 0.583. The zero-order chi connectivity index (χ0) is 17.3. The molecule has 0 unspecified atom stereocenters. The summed E-state index contributed by atoms with van der Waals surface area (Å²) in [6.45, 7) is 13.4. The number of ether oxygens (including phenoxy) is 1. The maximum absolute atomic E-state index is 12.1. The van der Waals surface area contributed by atoms with Gasteiger partial charge in [-0.1, -0.05) is 27.7 Å². The zero-order valence-electron chi connectivity index (χ0n) is 15.7. The third-order valence-electron chi connectivity index (χ3n) is 5.12. The summed E-state index contributed by atoms with van der Waals surface area (Å²) in [6, 6.07) is 0.0240. The predicted molar refractivity (Wildman–Crippen MR) is 93.1 cm³/mol. The molecule has 0 heterocycles. The number of allylic oxidation sites excluding steroid dienone is 1. The van der Waals surface area contributed by atoms with Crippen molar-refractivity contribution < 1.29 is 14.0 Å². The lowest BCUT2D eigenvalue weighted by molar-refractivity contribution is -0.149. The van der Waals surface area contributed by atoms with Gasteiger partial charge in [0, 0.05) is 12.5 Å². The van der Waals surface area contributed by atoms with Crippen LogP contribution < -0.4 is 0 Å². The van der Waals surface area contributed by atoms with E-state index in [1.807, 2.05) is 14.1 Å². The number of nitrogens with zero attached hydrogens (tertiary/aromatic N) is 1. The summed E-state index contributed by atoms with van der Waals surface area (Å²) in [4.78, 5) is 14.2. The Bertz CT molecular complexity index is 438. The minimum Gasteiger partial charge on any atom is -0.547 e. The van der Waals surface area contributed by atoms with Gasteiger partial charge in [-0.05, 0) is 44.2 Å². The molecule has 0 bridgehead atoms. The molecule has 0 N–H and O–H groups in total. The molecule has 5 heteroatoms. The van der Waals surface area contributed by atoms with Crippen LogP contribution in [0.2, 0.25) is 18.1 Å². The fourth-order valence-electron chi connectivity index (χ4n) is 2.68. The van der Waals surface area contributed by atoms with Crippen LogP contribution >= 0.6 is 0 Å². The van der Waals surface area contributed by atoms with Crippen molar-refractivity contribution in [2.24, 2.45) is 11.8 Å². The van der Waals surface area contributed by atoms with Gasteiger partial charge in [0.2, 0.25) is 8.32 Å². The molecule has 1 aliphatic carbocycles. The van der Waals surface area contributed by atoms with Crippen molar-refractivity contribution in [2.75, 3.05) is 21.2 Å². The van der Waals surface area contributed by atoms with Crippen molar-refractivity contribution in [3.63, 3.8) is 0 Å². The molecule has 0 saturated carbocycles. The minimum atomic E-state index is -1.85. The molecule has 0 aromatic heterocycles. The molecule has 0 saturated heterocycles.